The summed E-state index contributed by atoms with van der Waals surface area (Å²) in [6.45, 7) is 2.03. The number of nitrogen functional groups attached to an aromatic ring is 1. The number of rotatable bonds is 4. The zero-order chi connectivity index (χ0) is 10.5. The van der Waals surface area contributed by atoms with Gasteiger partial charge in [-0.1, -0.05) is 12.2 Å². The van der Waals surface area contributed by atoms with Crippen LogP contribution < -0.4 is 11.1 Å². The Morgan fingerprint density at radius 3 is 3.07 bits per heavy atom. The molecule has 0 saturated carbocycles. The summed E-state index contributed by atoms with van der Waals surface area (Å²) >= 11 is 1.73. The fourth-order valence-electron chi connectivity index (χ4n) is 1.93. The second-order valence-electron chi connectivity index (χ2n) is 4.08. The first kappa shape index (κ1) is 10.7. The smallest absolute Gasteiger partial charge is 0.0468 e. The highest BCUT2D eigenvalue weighted by molar-refractivity contribution is 7.10. The number of anilines is 1. The summed E-state index contributed by atoms with van der Waals surface area (Å²) in [5.74, 6) is 0.816. The van der Waals surface area contributed by atoms with Crippen LogP contribution >= 0.6 is 11.3 Å². The molecule has 1 aliphatic rings. The molecule has 0 spiro atoms. The second-order valence-corrected chi connectivity index (χ2v) is 5.08. The molecular formula is C12H18N2S. The molecule has 1 atom stereocenters. The van der Waals surface area contributed by atoms with E-state index in [1.165, 1.54) is 24.1 Å². The third-order valence-corrected chi connectivity index (χ3v) is 3.81. The molecule has 15 heavy (non-hydrogen) atoms. The maximum absolute atomic E-state index is 5.82. The van der Waals surface area contributed by atoms with E-state index >= 15 is 0 Å². The van der Waals surface area contributed by atoms with Crippen LogP contribution in [0.5, 0.6) is 0 Å². The lowest BCUT2D eigenvalue weighted by molar-refractivity contribution is 0.441. The van der Waals surface area contributed by atoms with E-state index in [1.807, 2.05) is 6.07 Å². The van der Waals surface area contributed by atoms with E-state index in [1.54, 1.807) is 11.3 Å². The Bertz CT molecular complexity index is 330. The van der Waals surface area contributed by atoms with Gasteiger partial charge in [0.2, 0.25) is 0 Å². The van der Waals surface area contributed by atoms with Gasteiger partial charge in [-0.05, 0) is 43.2 Å². The van der Waals surface area contributed by atoms with Gasteiger partial charge >= 0.3 is 0 Å². The van der Waals surface area contributed by atoms with Crippen molar-refractivity contribution in [3.63, 3.8) is 0 Å². The van der Waals surface area contributed by atoms with E-state index in [0.717, 1.165) is 24.7 Å². The number of hydrogen-bond acceptors (Lipinski definition) is 3. The van der Waals surface area contributed by atoms with Gasteiger partial charge in [-0.25, -0.2) is 0 Å². The van der Waals surface area contributed by atoms with Gasteiger partial charge in [0.05, 0.1) is 0 Å². The SMILES string of the molecule is Nc1ccsc1CNCC1CC=CCC1. The van der Waals surface area contributed by atoms with Gasteiger partial charge in [-0.3, -0.25) is 0 Å². The molecule has 0 saturated heterocycles. The zero-order valence-corrected chi connectivity index (χ0v) is 9.72. The van der Waals surface area contributed by atoms with Crippen LogP contribution in [-0.2, 0) is 6.54 Å². The van der Waals surface area contributed by atoms with Crippen molar-refractivity contribution in [1.82, 2.24) is 5.32 Å². The summed E-state index contributed by atoms with van der Waals surface area (Å²) in [4.78, 5) is 1.27. The number of hydrogen-bond donors (Lipinski definition) is 2. The maximum atomic E-state index is 5.82. The Labute approximate surface area is 95.2 Å². The van der Waals surface area contributed by atoms with Gasteiger partial charge in [0.1, 0.15) is 0 Å². The highest BCUT2D eigenvalue weighted by Crippen LogP contribution is 2.20. The van der Waals surface area contributed by atoms with Gasteiger partial charge in [-0.15, -0.1) is 11.3 Å². The number of allylic oxidation sites excluding steroid dienone is 2. The van der Waals surface area contributed by atoms with Gasteiger partial charge in [0, 0.05) is 17.1 Å². The molecule has 0 radical (unpaired) electrons. The van der Waals surface area contributed by atoms with Crippen molar-refractivity contribution in [1.29, 1.82) is 0 Å². The molecular weight excluding hydrogens is 204 g/mol. The molecule has 0 amide bonds. The van der Waals surface area contributed by atoms with Gasteiger partial charge in [0.15, 0.2) is 0 Å². The molecule has 0 aromatic carbocycles. The van der Waals surface area contributed by atoms with Crippen molar-refractivity contribution in [3.8, 4) is 0 Å². The molecule has 2 nitrogen and oxygen atoms in total. The van der Waals surface area contributed by atoms with Gasteiger partial charge < -0.3 is 11.1 Å². The molecule has 3 N–H and O–H groups in total. The first-order chi connectivity index (χ1) is 7.36. The predicted octanol–water partition coefficient (Wildman–Crippen LogP) is 2.78. The second kappa shape index (κ2) is 5.33. The fourth-order valence-corrected chi connectivity index (χ4v) is 2.69. The van der Waals surface area contributed by atoms with Gasteiger partial charge in [0.25, 0.3) is 0 Å². The third-order valence-electron chi connectivity index (χ3n) is 2.88. The minimum absolute atomic E-state index is 0.816. The van der Waals surface area contributed by atoms with Gasteiger partial charge in [-0.2, -0.15) is 0 Å². The monoisotopic (exact) mass is 222 g/mol. The molecule has 0 aliphatic heterocycles. The van der Waals surface area contributed by atoms with Crippen molar-refractivity contribution in [2.24, 2.45) is 5.92 Å². The fraction of sp³-hybridized carbons (Fsp3) is 0.500. The van der Waals surface area contributed by atoms with E-state index in [2.05, 4.69) is 22.8 Å². The predicted molar refractivity (Wildman–Crippen MR) is 66.9 cm³/mol. The Hall–Kier alpha value is -0.800. The highest BCUT2D eigenvalue weighted by atomic mass is 32.1. The van der Waals surface area contributed by atoms with Crippen LogP contribution in [0.4, 0.5) is 5.69 Å². The number of thiophene rings is 1. The Morgan fingerprint density at radius 2 is 2.40 bits per heavy atom. The van der Waals surface area contributed by atoms with Crippen molar-refractivity contribution in [2.45, 2.75) is 25.8 Å². The van der Waals surface area contributed by atoms with Crippen molar-refractivity contribution < 1.29 is 0 Å². The van der Waals surface area contributed by atoms with E-state index in [4.69, 9.17) is 5.73 Å². The van der Waals surface area contributed by atoms with Crippen LogP contribution in [-0.4, -0.2) is 6.54 Å². The van der Waals surface area contributed by atoms with Crippen molar-refractivity contribution in [2.75, 3.05) is 12.3 Å². The molecule has 1 heterocycles. The number of nitrogens with one attached hydrogen (secondary N) is 1. The van der Waals surface area contributed by atoms with E-state index in [0.29, 0.717) is 0 Å². The first-order valence-electron chi connectivity index (χ1n) is 5.54. The van der Waals surface area contributed by atoms with Crippen LogP contribution in [0, 0.1) is 5.92 Å². The highest BCUT2D eigenvalue weighted by Gasteiger charge is 2.09. The summed E-state index contributed by atoms with van der Waals surface area (Å²) in [6.07, 6.45) is 8.38. The average molecular weight is 222 g/mol. The number of nitrogens with two attached hydrogens (primary N) is 1. The molecule has 1 aliphatic carbocycles. The molecule has 1 aromatic heterocycles. The van der Waals surface area contributed by atoms with Crippen LogP contribution in [0.3, 0.4) is 0 Å². The lowest BCUT2D eigenvalue weighted by atomic mass is 9.94. The molecule has 0 bridgehead atoms. The topological polar surface area (TPSA) is 38.0 Å². The van der Waals surface area contributed by atoms with E-state index < -0.39 is 0 Å². The Kier molecular flexibility index (Phi) is 3.80. The summed E-state index contributed by atoms with van der Waals surface area (Å²) in [5.41, 5.74) is 6.75. The summed E-state index contributed by atoms with van der Waals surface area (Å²) in [5, 5.41) is 5.55. The third kappa shape index (κ3) is 3.08. The Morgan fingerprint density at radius 1 is 1.47 bits per heavy atom. The maximum Gasteiger partial charge on any atom is 0.0468 e. The average Bonchev–Trinajstić information content (AvgIpc) is 2.66. The molecule has 2 rings (SSSR count). The minimum Gasteiger partial charge on any atom is -0.398 e. The zero-order valence-electron chi connectivity index (χ0n) is 8.91. The Balaban J connectivity index is 1.71. The van der Waals surface area contributed by atoms with E-state index in [-0.39, 0.29) is 0 Å². The van der Waals surface area contributed by atoms with Crippen molar-refractivity contribution in [3.05, 3.63) is 28.5 Å². The first-order valence-corrected chi connectivity index (χ1v) is 6.42. The van der Waals surface area contributed by atoms with Crippen LogP contribution in [0.15, 0.2) is 23.6 Å². The summed E-state index contributed by atoms with van der Waals surface area (Å²) in [6, 6.07) is 1.98. The molecule has 82 valence electrons. The largest absolute Gasteiger partial charge is 0.398 e. The molecule has 1 aromatic rings. The molecule has 3 heteroatoms. The van der Waals surface area contributed by atoms with Crippen molar-refractivity contribution >= 4 is 17.0 Å². The quantitative estimate of drug-likeness (QED) is 0.769. The normalized spacial score (nSPS) is 20.7. The van der Waals surface area contributed by atoms with Crippen LogP contribution in [0.2, 0.25) is 0 Å². The standard InChI is InChI=1S/C12H18N2S/c13-11-6-7-15-12(11)9-14-8-10-4-2-1-3-5-10/h1-2,6-7,10,14H,3-5,8-9,13H2. The van der Waals surface area contributed by atoms with E-state index in [9.17, 15) is 0 Å². The lowest BCUT2D eigenvalue weighted by Gasteiger charge is -2.17. The summed E-state index contributed by atoms with van der Waals surface area (Å²) < 4.78 is 0. The van der Waals surface area contributed by atoms with Crippen LogP contribution in [0.25, 0.3) is 0 Å². The summed E-state index contributed by atoms with van der Waals surface area (Å²) in [7, 11) is 0. The minimum atomic E-state index is 0.816. The van der Waals surface area contributed by atoms with Crippen LogP contribution in [0.1, 0.15) is 24.1 Å². The molecule has 1 unspecified atom stereocenters. The lowest BCUT2D eigenvalue weighted by Crippen LogP contribution is -2.23. The molecule has 0 fully saturated rings.